The SMILES string of the molecule is C=CCn1c(SCC(=O)Nc2cc(Cl)ccc2OC)nc2cc(-c3ccccc3)sc2c1=O. The second-order valence-corrected chi connectivity index (χ2v) is 9.40. The zero-order valence-corrected chi connectivity index (χ0v) is 20.1. The fourth-order valence-corrected chi connectivity index (χ4v) is 5.26. The van der Waals surface area contributed by atoms with Crippen LogP contribution in [0.1, 0.15) is 0 Å². The van der Waals surface area contributed by atoms with Crippen molar-refractivity contribution in [3.05, 3.63) is 82.6 Å². The molecule has 0 bridgehead atoms. The number of aromatic nitrogens is 2. The highest BCUT2D eigenvalue weighted by Crippen LogP contribution is 2.32. The molecular formula is C24H20ClN3O3S2. The number of thioether (sulfide) groups is 1. The number of ether oxygens (including phenoxy) is 1. The Bertz CT molecular complexity index is 1380. The molecule has 0 saturated heterocycles. The van der Waals surface area contributed by atoms with E-state index in [0.29, 0.717) is 38.4 Å². The summed E-state index contributed by atoms with van der Waals surface area (Å²) in [4.78, 5) is 31.4. The van der Waals surface area contributed by atoms with Gasteiger partial charge in [-0.05, 0) is 29.8 Å². The van der Waals surface area contributed by atoms with Gasteiger partial charge in [-0.2, -0.15) is 0 Å². The Kier molecular flexibility index (Phi) is 7.17. The Hall–Kier alpha value is -3.07. The topological polar surface area (TPSA) is 73.2 Å². The van der Waals surface area contributed by atoms with Crippen LogP contribution in [-0.4, -0.2) is 28.3 Å². The molecule has 0 aliphatic heterocycles. The van der Waals surface area contributed by atoms with Gasteiger partial charge in [-0.15, -0.1) is 17.9 Å². The van der Waals surface area contributed by atoms with E-state index in [1.807, 2.05) is 36.4 Å². The number of allylic oxidation sites excluding steroid dienone is 1. The highest BCUT2D eigenvalue weighted by molar-refractivity contribution is 7.99. The van der Waals surface area contributed by atoms with Crippen LogP contribution in [-0.2, 0) is 11.3 Å². The van der Waals surface area contributed by atoms with Crippen molar-refractivity contribution in [3.63, 3.8) is 0 Å². The first-order chi connectivity index (χ1) is 16.0. The molecular weight excluding hydrogens is 478 g/mol. The number of benzene rings is 2. The quantitative estimate of drug-likeness (QED) is 0.192. The van der Waals surface area contributed by atoms with Crippen molar-refractivity contribution in [2.24, 2.45) is 0 Å². The maximum atomic E-state index is 13.2. The highest BCUT2D eigenvalue weighted by atomic mass is 35.5. The molecule has 0 spiro atoms. The smallest absolute Gasteiger partial charge is 0.272 e. The van der Waals surface area contributed by atoms with Gasteiger partial charge >= 0.3 is 0 Å². The summed E-state index contributed by atoms with van der Waals surface area (Å²) in [5.41, 5.74) is 1.97. The van der Waals surface area contributed by atoms with Crippen LogP contribution in [0.3, 0.4) is 0 Å². The first-order valence-corrected chi connectivity index (χ1v) is 12.1. The minimum Gasteiger partial charge on any atom is -0.495 e. The second-order valence-electron chi connectivity index (χ2n) is 6.97. The molecule has 6 nitrogen and oxygen atoms in total. The Labute approximate surface area is 203 Å². The molecule has 0 aliphatic rings. The van der Waals surface area contributed by atoms with Gasteiger partial charge < -0.3 is 10.1 Å². The van der Waals surface area contributed by atoms with Crippen molar-refractivity contribution >= 4 is 56.5 Å². The average Bonchev–Trinajstić information content (AvgIpc) is 3.25. The Morgan fingerprint density at radius 1 is 1.27 bits per heavy atom. The second kappa shape index (κ2) is 10.2. The third-order valence-electron chi connectivity index (χ3n) is 4.74. The maximum absolute atomic E-state index is 13.2. The number of anilines is 1. The summed E-state index contributed by atoms with van der Waals surface area (Å²) in [5.74, 6) is 0.295. The van der Waals surface area contributed by atoms with E-state index in [-0.39, 0.29) is 17.2 Å². The van der Waals surface area contributed by atoms with Crippen molar-refractivity contribution in [1.29, 1.82) is 0 Å². The van der Waals surface area contributed by atoms with Gasteiger partial charge in [0.2, 0.25) is 5.91 Å². The maximum Gasteiger partial charge on any atom is 0.272 e. The van der Waals surface area contributed by atoms with Gasteiger partial charge in [0, 0.05) is 16.4 Å². The van der Waals surface area contributed by atoms with Crippen molar-refractivity contribution in [1.82, 2.24) is 9.55 Å². The monoisotopic (exact) mass is 497 g/mol. The van der Waals surface area contributed by atoms with Gasteiger partial charge in [-0.1, -0.05) is 59.8 Å². The van der Waals surface area contributed by atoms with E-state index in [1.54, 1.807) is 28.8 Å². The number of thiophene rings is 1. The lowest BCUT2D eigenvalue weighted by molar-refractivity contribution is -0.113. The predicted molar refractivity (Wildman–Crippen MR) is 137 cm³/mol. The molecule has 0 aliphatic carbocycles. The largest absolute Gasteiger partial charge is 0.495 e. The number of nitrogens with zero attached hydrogens (tertiary/aromatic N) is 2. The van der Waals surface area contributed by atoms with E-state index in [0.717, 1.165) is 10.4 Å². The molecule has 0 fully saturated rings. The van der Waals surface area contributed by atoms with E-state index in [1.165, 1.54) is 30.2 Å². The molecule has 0 radical (unpaired) electrons. The summed E-state index contributed by atoms with van der Waals surface area (Å²) in [6.45, 7) is 4.05. The van der Waals surface area contributed by atoms with Crippen molar-refractivity contribution in [3.8, 4) is 16.2 Å². The van der Waals surface area contributed by atoms with E-state index in [2.05, 4.69) is 11.9 Å². The van der Waals surface area contributed by atoms with Crippen LogP contribution in [0.2, 0.25) is 5.02 Å². The molecule has 33 heavy (non-hydrogen) atoms. The van der Waals surface area contributed by atoms with E-state index >= 15 is 0 Å². The molecule has 2 aromatic carbocycles. The highest BCUT2D eigenvalue weighted by Gasteiger charge is 2.16. The van der Waals surface area contributed by atoms with Crippen LogP contribution >= 0.6 is 34.7 Å². The van der Waals surface area contributed by atoms with E-state index < -0.39 is 0 Å². The molecule has 2 aromatic heterocycles. The molecule has 168 valence electrons. The zero-order valence-electron chi connectivity index (χ0n) is 17.7. The number of hydrogen-bond donors (Lipinski definition) is 1. The van der Waals surface area contributed by atoms with Gasteiger partial charge in [0.1, 0.15) is 10.4 Å². The van der Waals surface area contributed by atoms with Crippen LogP contribution in [0, 0.1) is 0 Å². The summed E-state index contributed by atoms with van der Waals surface area (Å²) >= 11 is 8.64. The number of nitrogens with one attached hydrogen (secondary N) is 1. The molecule has 0 saturated carbocycles. The lowest BCUT2D eigenvalue weighted by Crippen LogP contribution is -2.23. The fourth-order valence-electron chi connectivity index (χ4n) is 3.23. The normalized spacial score (nSPS) is 10.8. The molecule has 4 aromatic rings. The Morgan fingerprint density at radius 3 is 2.79 bits per heavy atom. The minimum absolute atomic E-state index is 0.0560. The van der Waals surface area contributed by atoms with Crippen LogP contribution in [0.25, 0.3) is 20.7 Å². The Morgan fingerprint density at radius 2 is 2.06 bits per heavy atom. The lowest BCUT2D eigenvalue weighted by atomic mass is 10.2. The van der Waals surface area contributed by atoms with Crippen molar-refractivity contribution in [2.75, 3.05) is 18.2 Å². The third kappa shape index (κ3) is 5.13. The molecule has 1 amide bonds. The minimum atomic E-state index is -0.268. The molecule has 0 atom stereocenters. The number of carbonyl (C=O) groups excluding carboxylic acids is 1. The summed E-state index contributed by atoms with van der Waals surface area (Å²) in [6.07, 6.45) is 1.64. The number of methoxy groups -OCH3 is 1. The number of halogens is 1. The van der Waals surface area contributed by atoms with Gasteiger partial charge in [-0.25, -0.2) is 4.98 Å². The van der Waals surface area contributed by atoms with Gasteiger partial charge in [0.15, 0.2) is 5.16 Å². The van der Waals surface area contributed by atoms with Crippen molar-refractivity contribution < 1.29 is 9.53 Å². The fraction of sp³-hybridized carbons (Fsp3) is 0.125. The van der Waals surface area contributed by atoms with Crippen molar-refractivity contribution in [2.45, 2.75) is 11.7 Å². The van der Waals surface area contributed by atoms with Crippen LogP contribution in [0.15, 0.2) is 77.2 Å². The van der Waals surface area contributed by atoms with Crippen LogP contribution < -0.4 is 15.6 Å². The molecule has 1 N–H and O–H groups in total. The van der Waals surface area contributed by atoms with Crippen LogP contribution in [0.4, 0.5) is 5.69 Å². The molecule has 2 heterocycles. The van der Waals surface area contributed by atoms with Gasteiger partial charge in [0.05, 0.1) is 24.1 Å². The first-order valence-electron chi connectivity index (χ1n) is 9.97. The predicted octanol–water partition coefficient (Wildman–Crippen LogP) is 5.70. The number of amides is 1. The summed E-state index contributed by atoms with van der Waals surface area (Å²) in [6, 6.07) is 16.8. The average molecular weight is 498 g/mol. The standard InChI is InChI=1S/C24H20ClN3O3S2/c1-3-11-28-23(30)22-18(13-20(33-22)15-7-5-4-6-8-15)27-24(28)32-14-21(29)26-17-12-16(25)9-10-19(17)31-2/h3-10,12-13H,1,11,14H2,2H3,(H,26,29). The number of rotatable bonds is 8. The summed E-state index contributed by atoms with van der Waals surface area (Å²) in [5, 5.41) is 3.74. The lowest BCUT2D eigenvalue weighted by Gasteiger charge is -2.12. The zero-order chi connectivity index (χ0) is 23.4. The molecule has 4 rings (SSSR count). The Balaban J connectivity index is 1.61. The van der Waals surface area contributed by atoms with Gasteiger partial charge in [-0.3, -0.25) is 14.2 Å². The van der Waals surface area contributed by atoms with Gasteiger partial charge in [0.25, 0.3) is 5.56 Å². The third-order valence-corrected chi connectivity index (χ3v) is 7.11. The number of carbonyl (C=O) groups is 1. The van der Waals surface area contributed by atoms with E-state index in [4.69, 9.17) is 21.3 Å². The summed E-state index contributed by atoms with van der Waals surface area (Å²) in [7, 11) is 1.52. The molecule has 0 unspecified atom stereocenters. The number of hydrogen-bond acceptors (Lipinski definition) is 6. The van der Waals surface area contributed by atoms with Crippen LogP contribution in [0.5, 0.6) is 5.75 Å². The summed E-state index contributed by atoms with van der Waals surface area (Å²) < 4.78 is 7.39. The van der Waals surface area contributed by atoms with E-state index in [9.17, 15) is 9.59 Å². The first kappa shape index (κ1) is 23.1. The number of fused-ring (bicyclic) bond motifs is 1. The molecule has 9 heteroatoms.